The highest BCUT2D eigenvalue weighted by Gasteiger charge is 2.10. The van der Waals surface area contributed by atoms with Crippen molar-refractivity contribution in [3.05, 3.63) is 52.0 Å². The molecule has 0 radical (unpaired) electrons. The van der Waals surface area contributed by atoms with Crippen LogP contribution in [0.1, 0.15) is 15.9 Å². The summed E-state index contributed by atoms with van der Waals surface area (Å²) < 4.78 is 10.5. The Morgan fingerprint density at radius 2 is 2.04 bits per heavy atom. The van der Waals surface area contributed by atoms with E-state index in [1.807, 2.05) is 0 Å². The molecule has 0 aliphatic rings. The lowest BCUT2D eigenvalue weighted by atomic mass is 10.2. The molecule has 0 atom stereocenters. The van der Waals surface area contributed by atoms with Gasteiger partial charge >= 0.3 is 0 Å². The second-order valence-corrected chi connectivity index (χ2v) is 5.24. The molecular formula is C16H15BrN2O4. The SMILES string of the molecule is COc1cccc(C(=O)N/N=C/c2ccc(OC)c(O)c2Br)c1. The van der Waals surface area contributed by atoms with E-state index in [1.54, 1.807) is 36.4 Å². The van der Waals surface area contributed by atoms with Gasteiger partial charge in [-0.05, 0) is 46.3 Å². The molecule has 0 fully saturated rings. The summed E-state index contributed by atoms with van der Waals surface area (Å²) in [5.41, 5.74) is 3.44. The maximum atomic E-state index is 12.0. The molecule has 0 heterocycles. The van der Waals surface area contributed by atoms with Crippen LogP contribution in [-0.4, -0.2) is 31.4 Å². The number of aromatic hydroxyl groups is 1. The van der Waals surface area contributed by atoms with Gasteiger partial charge in [-0.1, -0.05) is 6.07 Å². The molecule has 0 aromatic heterocycles. The maximum absolute atomic E-state index is 12.0. The van der Waals surface area contributed by atoms with E-state index in [4.69, 9.17) is 9.47 Å². The van der Waals surface area contributed by atoms with Crippen LogP contribution in [0.3, 0.4) is 0 Å². The Balaban J connectivity index is 2.09. The number of methoxy groups -OCH3 is 2. The van der Waals surface area contributed by atoms with E-state index < -0.39 is 0 Å². The Morgan fingerprint density at radius 1 is 1.26 bits per heavy atom. The summed E-state index contributed by atoms with van der Waals surface area (Å²) in [6, 6.07) is 10.0. The first-order chi connectivity index (χ1) is 11.1. The molecule has 2 N–H and O–H groups in total. The molecule has 0 spiro atoms. The summed E-state index contributed by atoms with van der Waals surface area (Å²) in [5.74, 6) is 0.531. The first kappa shape index (κ1) is 16.8. The number of hydrogen-bond donors (Lipinski definition) is 2. The normalized spacial score (nSPS) is 10.6. The summed E-state index contributed by atoms with van der Waals surface area (Å²) >= 11 is 3.25. The van der Waals surface area contributed by atoms with Crippen LogP contribution in [0.4, 0.5) is 0 Å². The van der Waals surface area contributed by atoms with Crippen LogP contribution in [0, 0.1) is 0 Å². The fourth-order valence-corrected chi connectivity index (χ4v) is 2.25. The molecule has 0 aliphatic heterocycles. The van der Waals surface area contributed by atoms with Gasteiger partial charge in [0, 0.05) is 11.1 Å². The number of benzene rings is 2. The van der Waals surface area contributed by atoms with E-state index in [0.29, 0.717) is 27.1 Å². The van der Waals surface area contributed by atoms with Crippen molar-refractivity contribution in [2.45, 2.75) is 0 Å². The smallest absolute Gasteiger partial charge is 0.271 e. The number of carbonyl (C=O) groups excluding carboxylic acids is 1. The quantitative estimate of drug-likeness (QED) is 0.619. The molecule has 0 aliphatic carbocycles. The minimum atomic E-state index is -0.367. The summed E-state index contributed by atoms with van der Waals surface area (Å²) in [5, 5.41) is 13.8. The molecule has 0 bridgehead atoms. The Bertz CT molecular complexity index is 747. The minimum Gasteiger partial charge on any atom is -0.503 e. The van der Waals surface area contributed by atoms with Crippen molar-refractivity contribution in [3.63, 3.8) is 0 Å². The van der Waals surface area contributed by atoms with Gasteiger partial charge in [0.05, 0.1) is 24.9 Å². The summed E-state index contributed by atoms with van der Waals surface area (Å²) in [6.45, 7) is 0. The number of nitrogens with one attached hydrogen (secondary N) is 1. The largest absolute Gasteiger partial charge is 0.503 e. The molecule has 7 heteroatoms. The van der Waals surface area contributed by atoms with Crippen molar-refractivity contribution in [3.8, 4) is 17.2 Å². The zero-order valence-electron chi connectivity index (χ0n) is 12.5. The molecular weight excluding hydrogens is 364 g/mol. The predicted molar refractivity (Wildman–Crippen MR) is 90.4 cm³/mol. The number of rotatable bonds is 5. The van der Waals surface area contributed by atoms with Gasteiger partial charge < -0.3 is 14.6 Å². The van der Waals surface area contributed by atoms with Gasteiger partial charge in [-0.2, -0.15) is 5.10 Å². The number of hydrogen-bond acceptors (Lipinski definition) is 5. The fourth-order valence-electron chi connectivity index (χ4n) is 1.82. The lowest BCUT2D eigenvalue weighted by Gasteiger charge is -2.07. The molecule has 0 saturated heterocycles. The van der Waals surface area contributed by atoms with Crippen LogP contribution in [-0.2, 0) is 0 Å². The number of amides is 1. The zero-order valence-corrected chi connectivity index (χ0v) is 14.1. The lowest BCUT2D eigenvalue weighted by molar-refractivity contribution is 0.0955. The molecule has 23 heavy (non-hydrogen) atoms. The number of carbonyl (C=O) groups is 1. The fraction of sp³-hybridized carbons (Fsp3) is 0.125. The highest BCUT2D eigenvalue weighted by Crippen LogP contribution is 2.35. The van der Waals surface area contributed by atoms with E-state index in [2.05, 4.69) is 26.5 Å². The highest BCUT2D eigenvalue weighted by atomic mass is 79.9. The van der Waals surface area contributed by atoms with Gasteiger partial charge in [-0.15, -0.1) is 0 Å². The van der Waals surface area contributed by atoms with Crippen molar-refractivity contribution >= 4 is 28.1 Å². The molecule has 0 unspecified atom stereocenters. The number of phenolic OH excluding ortho intramolecular Hbond substituents is 1. The van der Waals surface area contributed by atoms with Gasteiger partial charge in [-0.25, -0.2) is 5.43 Å². The number of halogens is 1. The van der Waals surface area contributed by atoms with Gasteiger partial charge in [0.25, 0.3) is 5.91 Å². The van der Waals surface area contributed by atoms with Crippen LogP contribution in [0.5, 0.6) is 17.2 Å². The third-order valence-corrected chi connectivity index (χ3v) is 3.86. The van der Waals surface area contributed by atoms with E-state index in [1.165, 1.54) is 20.4 Å². The van der Waals surface area contributed by atoms with Crippen molar-refractivity contribution in [1.82, 2.24) is 5.43 Å². The third kappa shape index (κ3) is 4.01. The first-order valence-corrected chi connectivity index (χ1v) is 7.39. The van der Waals surface area contributed by atoms with Crippen molar-refractivity contribution in [2.24, 2.45) is 5.10 Å². The van der Waals surface area contributed by atoms with Crippen LogP contribution in [0.15, 0.2) is 46.0 Å². The Labute approximate surface area is 141 Å². The highest BCUT2D eigenvalue weighted by molar-refractivity contribution is 9.10. The van der Waals surface area contributed by atoms with E-state index in [9.17, 15) is 9.90 Å². The molecule has 2 rings (SSSR count). The molecule has 6 nitrogen and oxygen atoms in total. The third-order valence-electron chi connectivity index (χ3n) is 3.03. The minimum absolute atomic E-state index is 0.0319. The van der Waals surface area contributed by atoms with Crippen LogP contribution in [0.25, 0.3) is 0 Å². The maximum Gasteiger partial charge on any atom is 0.271 e. The Morgan fingerprint density at radius 3 is 2.74 bits per heavy atom. The second-order valence-electron chi connectivity index (χ2n) is 4.45. The Kier molecular flexibility index (Phi) is 5.59. The van der Waals surface area contributed by atoms with Crippen molar-refractivity contribution in [1.29, 1.82) is 0 Å². The molecule has 0 saturated carbocycles. The predicted octanol–water partition coefficient (Wildman–Crippen LogP) is 2.94. The van der Waals surface area contributed by atoms with Crippen molar-refractivity contribution in [2.75, 3.05) is 14.2 Å². The number of ether oxygens (including phenoxy) is 2. The number of phenols is 1. The van der Waals surface area contributed by atoms with E-state index in [0.717, 1.165) is 0 Å². The summed E-state index contributed by atoms with van der Waals surface area (Å²) in [4.78, 5) is 12.0. The lowest BCUT2D eigenvalue weighted by Crippen LogP contribution is -2.17. The van der Waals surface area contributed by atoms with Gasteiger partial charge in [-0.3, -0.25) is 4.79 Å². The second kappa shape index (κ2) is 7.64. The summed E-state index contributed by atoms with van der Waals surface area (Å²) in [7, 11) is 2.99. The molecule has 120 valence electrons. The molecule has 2 aromatic carbocycles. The van der Waals surface area contributed by atoms with Crippen LogP contribution < -0.4 is 14.9 Å². The van der Waals surface area contributed by atoms with Gasteiger partial charge in [0.2, 0.25) is 0 Å². The average Bonchev–Trinajstić information content (AvgIpc) is 2.58. The van der Waals surface area contributed by atoms with Gasteiger partial charge in [0.1, 0.15) is 5.75 Å². The molecule has 1 amide bonds. The number of hydrazone groups is 1. The zero-order chi connectivity index (χ0) is 16.8. The van der Waals surface area contributed by atoms with Crippen LogP contribution >= 0.6 is 15.9 Å². The average molecular weight is 379 g/mol. The van der Waals surface area contributed by atoms with Crippen molar-refractivity contribution < 1.29 is 19.4 Å². The topological polar surface area (TPSA) is 80.2 Å². The van der Waals surface area contributed by atoms with E-state index in [-0.39, 0.29) is 11.7 Å². The Hall–Kier alpha value is -2.54. The number of nitrogens with zero attached hydrogens (tertiary/aromatic N) is 1. The monoisotopic (exact) mass is 378 g/mol. The first-order valence-electron chi connectivity index (χ1n) is 6.59. The standard InChI is InChI=1S/C16H15BrN2O4/c1-22-12-5-3-4-10(8-12)16(21)19-18-9-11-6-7-13(23-2)15(20)14(11)17/h3-9,20H,1-2H3,(H,19,21)/b18-9+. The van der Waals surface area contributed by atoms with E-state index >= 15 is 0 Å². The van der Waals surface area contributed by atoms with Gasteiger partial charge in [0.15, 0.2) is 11.5 Å². The summed E-state index contributed by atoms with van der Waals surface area (Å²) in [6.07, 6.45) is 1.42. The molecule has 2 aromatic rings. The van der Waals surface area contributed by atoms with Crippen LogP contribution in [0.2, 0.25) is 0 Å².